The zero-order valence-corrected chi connectivity index (χ0v) is 14.1. The number of nitrogens with one attached hydrogen (secondary N) is 1. The van der Waals surface area contributed by atoms with Crippen molar-refractivity contribution in [3.8, 4) is 0 Å². The highest BCUT2D eigenvalue weighted by Crippen LogP contribution is 2.38. The minimum Gasteiger partial charge on any atom is -0.465 e. The van der Waals surface area contributed by atoms with Crippen molar-refractivity contribution < 1.29 is 27.5 Å². The molecular formula is C17H14F3NO3S. The third-order valence-corrected chi connectivity index (χ3v) is 4.06. The Hall–Kier alpha value is -2.48. The number of anilines is 1. The molecule has 8 heteroatoms. The van der Waals surface area contributed by atoms with Crippen LogP contribution in [0.25, 0.3) is 0 Å². The van der Waals surface area contributed by atoms with E-state index in [1.165, 1.54) is 49.6 Å². The largest absolute Gasteiger partial charge is 0.465 e. The summed E-state index contributed by atoms with van der Waals surface area (Å²) >= 11 is -0.342. The van der Waals surface area contributed by atoms with E-state index in [9.17, 15) is 22.8 Å². The van der Waals surface area contributed by atoms with E-state index in [0.717, 1.165) is 0 Å². The molecule has 0 saturated carbocycles. The lowest BCUT2D eigenvalue weighted by molar-refractivity contribution is -0.0328. The Morgan fingerprint density at radius 1 is 1.12 bits per heavy atom. The number of hydrogen-bond donors (Lipinski definition) is 1. The lowest BCUT2D eigenvalue weighted by Gasteiger charge is -2.13. The van der Waals surface area contributed by atoms with Gasteiger partial charge in [-0.05, 0) is 54.6 Å². The molecule has 0 saturated heterocycles. The highest BCUT2D eigenvalue weighted by Gasteiger charge is 2.31. The van der Waals surface area contributed by atoms with Gasteiger partial charge in [0.2, 0.25) is 0 Å². The van der Waals surface area contributed by atoms with Crippen LogP contribution in [-0.4, -0.2) is 24.5 Å². The second-order valence-electron chi connectivity index (χ2n) is 5.02. The molecule has 0 fully saturated rings. The quantitative estimate of drug-likeness (QED) is 0.630. The van der Waals surface area contributed by atoms with E-state index >= 15 is 0 Å². The van der Waals surface area contributed by atoms with Crippen LogP contribution in [0, 0.1) is 6.92 Å². The first kappa shape index (κ1) is 18.9. The number of thioether (sulfide) groups is 1. The van der Waals surface area contributed by atoms with Crippen LogP contribution in [0.4, 0.5) is 18.9 Å². The van der Waals surface area contributed by atoms with Crippen LogP contribution in [0.1, 0.15) is 26.3 Å². The number of esters is 1. The maximum Gasteiger partial charge on any atom is 0.446 e. The molecule has 0 unspecified atom stereocenters. The van der Waals surface area contributed by atoms with Gasteiger partial charge in [0.05, 0.1) is 18.2 Å². The fraction of sp³-hybridized carbons (Fsp3) is 0.176. The highest BCUT2D eigenvalue weighted by molar-refractivity contribution is 8.00. The van der Waals surface area contributed by atoms with E-state index < -0.39 is 17.4 Å². The molecule has 0 radical (unpaired) electrons. The van der Waals surface area contributed by atoms with Crippen molar-refractivity contribution in [1.29, 1.82) is 0 Å². The minimum atomic E-state index is -4.49. The SMILES string of the molecule is COC(=O)c1ccc(NC(=O)c2ccccc2SC(F)(F)F)c(C)c1. The Kier molecular flexibility index (Phi) is 5.73. The molecule has 2 rings (SSSR count). The van der Waals surface area contributed by atoms with Crippen molar-refractivity contribution in [2.75, 3.05) is 12.4 Å². The van der Waals surface area contributed by atoms with E-state index in [-0.39, 0.29) is 22.2 Å². The van der Waals surface area contributed by atoms with E-state index in [0.29, 0.717) is 16.8 Å². The van der Waals surface area contributed by atoms with E-state index in [1.54, 1.807) is 6.92 Å². The summed E-state index contributed by atoms with van der Waals surface area (Å²) in [6.07, 6.45) is 0. The van der Waals surface area contributed by atoms with Crippen molar-refractivity contribution in [2.45, 2.75) is 17.3 Å². The van der Waals surface area contributed by atoms with Crippen molar-refractivity contribution >= 4 is 29.3 Å². The molecule has 2 aromatic carbocycles. The maximum atomic E-state index is 12.6. The summed E-state index contributed by atoms with van der Waals surface area (Å²) in [5, 5.41) is 2.57. The first-order valence-corrected chi connectivity index (χ1v) is 7.88. The van der Waals surface area contributed by atoms with Crippen LogP contribution in [0.5, 0.6) is 0 Å². The van der Waals surface area contributed by atoms with Gasteiger partial charge < -0.3 is 10.1 Å². The van der Waals surface area contributed by atoms with E-state index in [1.807, 2.05) is 0 Å². The number of alkyl halides is 3. The first-order valence-electron chi connectivity index (χ1n) is 7.06. The second kappa shape index (κ2) is 7.60. The highest BCUT2D eigenvalue weighted by atomic mass is 32.2. The Bertz CT molecular complexity index is 806. The number of carbonyl (C=O) groups is 2. The molecule has 0 heterocycles. The Morgan fingerprint density at radius 2 is 1.80 bits per heavy atom. The molecule has 0 aliphatic carbocycles. The number of rotatable bonds is 4. The van der Waals surface area contributed by atoms with Crippen LogP contribution in [0.3, 0.4) is 0 Å². The Balaban J connectivity index is 2.25. The Labute approximate surface area is 146 Å². The molecule has 0 aliphatic rings. The van der Waals surface area contributed by atoms with Crippen LogP contribution in [-0.2, 0) is 4.74 Å². The van der Waals surface area contributed by atoms with Gasteiger partial charge in [0.25, 0.3) is 5.91 Å². The van der Waals surface area contributed by atoms with Gasteiger partial charge in [-0.15, -0.1) is 0 Å². The number of methoxy groups -OCH3 is 1. The van der Waals surface area contributed by atoms with Crippen molar-refractivity contribution in [1.82, 2.24) is 0 Å². The molecule has 0 aromatic heterocycles. The lowest BCUT2D eigenvalue weighted by Crippen LogP contribution is -2.15. The molecule has 0 aliphatic heterocycles. The van der Waals surface area contributed by atoms with Crippen LogP contribution in [0.2, 0.25) is 0 Å². The standard InChI is InChI=1S/C17H14F3NO3S/c1-10-9-11(16(23)24-2)7-8-13(10)21-15(22)12-5-3-4-6-14(12)25-17(18,19)20/h3-9H,1-2H3,(H,21,22). The van der Waals surface area contributed by atoms with Crippen molar-refractivity contribution in [2.24, 2.45) is 0 Å². The minimum absolute atomic E-state index is 0.0822. The molecule has 2 aromatic rings. The number of aryl methyl sites for hydroxylation is 1. The topological polar surface area (TPSA) is 55.4 Å². The van der Waals surface area contributed by atoms with E-state index in [4.69, 9.17) is 0 Å². The van der Waals surface area contributed by atoms with Gasteiger partial charge in [0.15, 0.2) is 0 Å². The molecule has 1 amide bonds. The maximum absolute atomic E-state index is 12.6. The van der Waals surface area contributed by atoms with Gasteiger partial charge >= 0.3 is 11.5 Å². The average molecular weight is 369 g/mol. The summed E-state index contributed by atoms with van der Waals surface area (Å²) in [4.78, 5) is 23.7. The number of amides is 1. The monoisotopic (exact) mass is 369 g/mol. The lowest BCUT2D eigenvalue weighted by atomic mass is 10.1. The van der Waals surface area contributed by atoms with Gasteiger partial charge in [-0.3, -0.25) is 4.79 Å². The van der Waals surface area contributed by atoms with Gasteiger partial charge in [-0.2, -0.15) is 13.2 Å². The van der Waals surface area contributed by atoms with Gasteiger partial charge in [-0.1, -0.05) is 12.1 Å². The predicted molar refractivity (Wildman–Crippen MR) is 88.8 cm³/mol. The summed E-state index contributed by atoms with van der Waals surface area (Å²) in [5.41, 5.74) is -3.29. The zero-order chi connectivity index (χ0) is 18.6. The molecule has 0 spiro atoms. The number of ether oxygens (including phenoxy) is 1. The molecular weight excluding hydrogens is 355 g/mol. The Morgan fingerprint density at radius 3 is 2.40 bits per heavy atom. The first-order chi connectivity index (χ1) is 11.7. The molecule has 4 nitrogen and oxygen atoms in total. The summed E-state index contributed by atoms with van der Waals surface area (Å²) in [5.74, 6) is -1.19. The average Bonchev–Trinajstić information content (AvgIpc) is 2.54. The molecule has 25 heavy (non-hydrogen) atoms. The predicted octanol–water partition coefficient (Wildman–Crippen LogP) is 4.65. The third kappa shape index (κ3) is 4.99. The normalized spacial score (nSPS) is 11.1. The number of benzene rings is 2. The summed E-state index contributed by atoms with van der Waals surface area (Å²) in [6.45, 7) is 1.67. The molecule has 1 N–H and O–H groups in total. The fourth-order valence-electron chi connectivity index (χ4n) is 2.11. The molecule has 0 bridgehead atoms. The number of hydrogen-bond acceptors (Lipinski definition) is 4. The summed E-state index contributed by atoms with van der Waals surface area (Å²) in [7, 11) is 1.25. The summed E-state index contributed by atoms with van der Waals surface area (Å²) < 4.78 is 42.5. The molecule has 0 atom stereocenters. The van der Waals surface area contributed by atoms with Gasteiger partial charge in [-0.25, -0.2) is 4.79 Å². The van der Waals surface area contributed by atoms with Gasteiger partial charge in [0.1, 0.15) is 0 Å². The number of carbonyl (C=O) groups excluding carboxylic acids is 2. The smallest absolute Gasteiger partial charge is 0.446 e. The van der Waals surface area contributed by atoms with Crippen LogP contribution < -0.4 is 5.32 Å². The van der Waals surface area contributed by atoms with Crippen molar-refractivity contribution in [3.63, 3.8) is 0 Å². The second-order valence-corrected chi connectivity index (χ2v) is 6.13. The summed E-state index contributed by atoms with van der Waals surface area (Å²) in [6, 6.07) is 9.97. The van der Waals surface area contributed by atoms with Crippen LogP contribution in [0.15, 0.2) is 47.4 Å². The number of halogens is 3. The molecule has 132 valence electrons. The van der Waals surface area contributed by atoms with Crippen molar-refractivity contribution in [3.05, 3.63) is 59.2 Å². The third-order valence-electron chi connectivity index (χ3n) is 3.25. The fourth-order valence-corrected chi connectivity index (χ4v) is 2.77. The zero-order valence-electron chi connectivity index (χ0n) is 13.3. The van der Waals surface area contributed by atoms with Gasteiger partial charge in [0, 0.05) is 10.6 Å². The van der Waals surface area contributed by atoms with Crippen LogP contribution >= 0.6 is 11.8 Å². The van der Waals surface area contributed by atoms with E-state index in [2.05, 4.69) is 10.1 Å².